The van der Waals surface area contributed by atoms with E-state index in [-0.39, 0.29) is 5.91 Å². The zero-order valence-corrected chi connectivity index (χ0v) is 13.8. The highest BCUT2D eigenvalue weighted by molar-refractivity contribution is 5.92. The van der Waals surface area contributed by atoms with Crippen molar-refractivity contribution in [2.45, 2.75) is 32.7 Å². The number of hydrogen-bond acceptors (Lipinski definition) is 3. The zero-order chi connectivity index (χ0) is 16.2. The van der Waals surface area contributed by atoms with E-state index >= 15 is 0 Å². The van der Waals surface area contributed by atoms with Gasteiger partial charge >= 0.3 is 0 Å². The number of aromatic amines is 1. The Bertz CT molecular complexity index is 677. The Balaban J connectivity index is 1.47. The highest BCUT2D eigenvalue weighted by Gasteiger charge is 2.16. The van der Waals surface area contributed by atoms with Crippen LogP contribution < -0.4 is 5.32 Å². The topological polar surface area (TPSA) is 61.0 Å². The summed E-state index contributed by atoms with van der Waals surface area (Å²) in [6, 6.07) is 10.4. The smallest absolute Gasteiger partial charge is 0.271 e. The molecule has 3 rings (SSSR count). The first kappa shape index (κ1) is 15.7. The Morgan fingerprint density at radius 2 is 2.13 bits per heavy atom. The van der Waals surface area contributed by atoms with Gasteiger partial charge in [0.2, 0.25) is 0 Å². The number of H-pyrrole nitrogens is 1. The molecule has 0 saturated heterocycles. The number of fused-ring (bicyclic) bond motifs is 1. The van der Waals surface area contributed by atoms with E-state index in [2.05, 4.69) is 58.5 Å². The number of carbonyl (C=O) groups is 1. The summed E-state index contributed by atoms with van der Waals surface area (Å²) < 4.78 is 0. The number of benzene rings is 1. The molecule has 0 saturated carbocycles. The van der Waals surface area contributed by atoms with Crippen LogP contribution in [0.5, 0.6) is 0 Å². The minimum absolute atomic E-state index is 0.106. The van der Waals surface area contributed by atoms with Crippen LogP contribution in [0.3, 0.4) is 0 Å². The predicted octanol–water partition coefficient (Wildman–Crippen LogP) is 2.32. The lowest BCUT2D eigenvalue weighted by atomic mass is 10.00. The Labute approximate surface area is 137 Å². The molecule has 0 fully saturated rings. The number of hydrogen-bond donors (Lipinski definition) is 2. The first-order valence-corrected chi connectivity index (χ1v) is 8.26. The summed E-state index contributed by atoms with van der Waals surface area (Å²) in [5.74, 6) is 0.239. The minimum Gasteiger partial charge on any atom is -0.349 e. The third-order valence-electron chi connectivity index (χ3n) is 4.38. The fourth-order valence-corrected chi connectivity index (χ4v) is 2.91. The van der Waals surface area contributed by atoms with Gasteiger partial charge in [-0.1, -0.05) is 38.1 Å². The van der Waals surface area contributed by atoms with Gasteiger partial charge in [-0.3, -0.25) is 14.8 Å². The molecule has 0 aliphatic carbocycles. The van der Waals surface area contributed by atoms with E-state index in [1.807, 2.05) is 6.07 Å². The van der Waals surface area contributed by atoms with Crippen LogP contribution in [0.25, 0.3) is 0 Å². The van der Waals surface area contributed by atoms with Gasteiger partial charge < -0.3 is 5.32 Å². The second-order valence-electron chi connectivity index (χ2n) is 6.41. The molecule has 1 amide bonds. The lowest BCUT2D eigenvalue weighted by molar-refractivity contribution is 0.0942. The molecule has 122 valence electrons. The van der Waals surface area contributed by atoms with E-state index < -0.39 is 0 Å². The molecule has 0 radical (unpaired) electrons. The van der Waals surface area contributed by atoms with E-state index in [0.717, 1.165) is 31.7 Å². The molecule has 1 aromatic heterocycles. The molecule has 23 heavy (non-hydrogen) atoms. The van der Waals surface area contributed by atoms with Gasteiger partial charge in [-0.15, -0.1) is 0 Å². The van der Waals surface area contributed by atoms with Gasteiger partial charge in [0.25, 0.3) is 5.91 Å². The first-order chi connectivity index (χ1) is 11.1. The minimum atomic E-state index is -0.106. The van der Waals surface area contributed by atoms with E-state index in [0.29, 0.717) is 18.2 Å². The summed E-state index contributed by atoms with van der Waals surface area (Å²) >= 11 is 0. The van der Waals surface area contributed by atoms with Crippen molar-refractivity contribution in [3.63, 3.8) is 0 Å². The largest absolute Gasteiger partial charge is 0.349 e. The third kappa shape index (κ3) is 3.79. The highest BCUT2D eigenvalue weighted by Crippen LogP contribution is 2.17. The second-order valence-corrected chi connectivity index (χ2v) is 6.41. The molecule has 5 nitrogen and oxygen atoms in total. The monoisotopic (exact) mass is 312 g/mol. The maximum Gasteiger partial charge on any atom is 0.271 e. The molecule has 1 aliphatic rings. The third-order valence-corrected chi connectivity index (χ3v) is 4.38. The van der Waals surface area contributed by atoms with Gasteiger partial charge in [0.15, 0.2) is 0 Å². The predicted molar refractivity (Wildman–Crippen MR) is 90.4 cm³/mol. The van der Waals surface area contributed by atoms with Crippen LogP contribution in [0.4, 0.5) is 0 Å². The molecule has 2 N–H and O–H groups in total. The molecule has 0 atom stereocenters. The van der Waals surface area contributed by atoms with Gasteiger partial charge in [0, 0.05) is 31.9 Å². The summed E-state index contributed by atoms with van der Waals surface area (Å²) in [7, 11) is 0. The second kappa shape index (κ2) is 6.96. The number of rotatable bonds is 5. The summed E-state index contributed by atoms with van der Waals surface area (Å²) in [6.07, 6.45) is 1.08. The molecule has 0 spiro atoms. The number of nitrogens with one attached hydrogen (secondary N) is 2. The van der Waals surface area contributed by atoms with Gasteiger partial charge in [-0.05, 0) is 29.5 Å². The molecule has 2 heterocycles. The summed E-state index contributed by atoms with van der Waals surface area (Å²) in [5, 5.41) is 9.96. The van der Waals surface area contributed by atoms with Crippen molar-refractivity contribution in [3.05, 3.63) is 52.8 Å². The van der Waals surface area contributed by atoms with Crippen LogP contribution >= 0.6 is 0 Å². The van der Waals surface area contributed by atoms with Crippen LogP contribution in [-0.2, 0) is 13.0 Å². The fraction of sp³-hybridized carbons (Fsp3) is 0.444. The first-order valence-electron chi connectivity index (χ1n) is 8.26. The number of aromatic nitrogens is 2. The normalized spacial score (nSPS) is 14.7. The molecular formula is C18H24N4O. The average Bonchev–Trinajstić information content (AvgIpc) is 3.05. The Morgan fingerprint density at radius 1 is 1.35 bits per heavy atom. The molecular weight excluding hydrogens is 288 g/mol. The van der Waals surface area contributed by atoms with Crippen molar-refractivity contribution in [2.75, 3.05) is 19.6 Å². The number of nitrogens with zero attached hydrogens (tertiary/aromatic N) is 2. The van der Waals surface area contributed by atoms with Gasteiger partial charge in [0.1, 0.15) is 5.69 Å². The van der Waals surface area contributed by atoms with E-state index in [4.69, 9.17) is 0 Å². The zero-order valence-electron chi connectivity index (χ0n) is 13.8. The van der Waals surface area contributed by atoms with Crippen LogP contribution in [0.15, 0.2) is 30.3 Å². The molecule has 1 aliphatic heterocycles. The number of amides is 1. The molecule has 1 aromatic carbocycles. The van der Waals surface area contributed by atoms with Crippen molar-refractivity contribution >= 4 is 5.91 Å². The maximum atomic E-state index is 12.1. The van der Waals surface area contributed by atoms with Crippen LogP contribution in [0.2, 0.25) is 0 Å². The quantitative estimate of drug-likeness (QED) is 0.891. The molecule has 2 aromatic rings. The van der Waals surface area contributed by atoms with E-state index in [9.17, 15) is 4.79 Å². The summed E-state index contributed by atoms with van der Waals surface area (Å²) in [5.41, 5.74) is 4.31. The number of carbonyl (C=O) groups excluding carboxylic acids is 1. The molecule has 0 bridgehead atoms. The van der Waals surface area contributed by atoms with Gasteiger partial charge in [0.05, 0.1) is 0 Å². The molecule has 5 heteroatoms. The van der Waals surface area contributed by atoms with Crippen LogP contribution in [0.1, 0.15) is 47.1 Å². The van der Waals surface area contributed by atoms with Crippen molar-refractivity contribution in [3.8, 4) is 0 Å². The van der Waals surface area contributed by atoms with Crippen molar-refractivity contribution in [1.82, 2.24) is 20.4 Å². The Morgan fingerprint density at radius 3 is 2.87 bits per heavy atom. The lowest BCUT2D eigenvalue weighted by Gasteiger charge is -2.28. The van der Waals surface area contributed by atoms with Crippen molar-refractivity contribution in [2.24, 2.45) is 0 Å². The maximum absolute atomic E-state index is 12.1. The van der Waals surface area contributed by atoms with Gasteiger partial charge in [-0.2, -0.15) is 5.10 Å². The van der Waals surface area contributed by atoms with E-state index in [1.165, 1.54) is 11.1 Å². The summed E-state index contributed by atoms with van der Waals surface area (Å²) in [6.45, 7) is 7.66. The lowest BCUT2D eigenvalue weighted by Crippen LogP contribution is -2.37. The summed E-state index contributed by atoms with van der Waals surface area (Å²) in [4.78, 5) is 14.5. The fourth-order valence-electron chi connectivity index (χ4n) is 2.91. The van der Waals surface area contributed by atoms with Crippen molar-refractivity contribution < 1.29 is 4.79 Å². The van der Waals surface area contributed by atoms with E-state index in [1.54, 1.807) is 0 Å². The highest BCUT2D eigenvalue weighted by atomic mass is 16.1. The standard InChI is InChI=1S/C18H24N4O/c1-13(2)16-11-17(21-20-16)18(23)19-8-10-22-9-7-14-5-3-4-6-15(14)12-22/h3-6,11,13H,7-10,12H2,1-2H3,(H,19,23)(H,20,21). The van der Waals surface area contributed by atoms with Crippen molar-refractivity contribution in [1.29, 1.82) is 0 Å². The average molecular weight is 312 g/mol. The Kier molecular flexibility index (Phi) is 4.76. The Hall–Kier alpha value is -2.14. The SMILES string of the molecule is CC(C)c1cc(C(=O)NCCN2CCc3ccccc3C2)n[nH]1. The van der Waals surface area contributed by atoms with Crippen LogP contribution in [0, 0.1) is 0 Å². The van der Waals surface area contributed by atoms with Gasteiger partial charge in [-0.25, -0.2) is 0 Å². The molecule has 0 unspecified atom stereocenters. The van der Waals surface area contributed by atoms with Crippen LogP contribution in [-0.4, -0.2) is 40.6 Å².